The number of hydrogen-bond acceptors (Lipinski definition) is 4. The van der Waals surface area contributed by atoms with Crippen LogP contribution in [-0.4, -0.2) is 63.2 Å². The smallest absolute Gasteiger partial charge is 0.311 e. The molecule has 1 fully saturated rings. The van der Waals surface area contributed by atoms with Crippen LogP contribution in [0, 0.1) is 0 Å². The van der Waals surface area contributed by atoms with Crippen LogP contribution in [0.1, 0.15) is 6.42 Å². The molecule has 1 aliphatic heterocycles. The molecule has 0 saturated carbocycles. The van der Waals surface area contributed by atoms with Crippen molar-refractivity contribution in [2.75, 3.05) is 46.4 Å². The SMILES string of the molecule is COCCNC(=O)C(=O)N1CCCNCC1. The van der Waals surface area contributed by atoms with Crippen LogP contribution < -0.4 is 10.6 Å². The van der Waals surface area contributed by atoms with Gasteiger partial charge in [-0.15, -0.1) is 0 Å². The molecule has 0 unspecified atom stereocenters. The first-order valence-electron chi connectivity index (χ1n) is 5.52. The Morgan fingerprint density at radius 1 is 1.38 bits per heavy atom. The number of nitrogens with zero attached hydrogens (tertiary/aromatic N) is 1. The van der Waals surface area contributed by atoms with E-state index >= 15 is 0 Å². The summed E-state index contributed by atoms with van der Waals surface area (Å²) in [4.78, 5) is 24.7. The predicted octanol–water partition coefficient (Wildman–Crippen LogP) is -1.43. The van der Waals surface area contributed by atoms with Crippen molar-refractivity contribution in [3.63, 3.8) is 0 Å². The lowest BCUT2D eigenvalue weighted by Gasteiger charge is -2.18. The van der Waals surface area contributed by atoms with Crippen LogP contribution in [0.4, 0.5) is 0 Å². The number of rotatable bonds is 3. The van der Waals surface area contributed by atoms with E-state index in [4.69, 9.17) is 4.74 Å². The molecule has 0 bridgehead atoms. The summed E-state index contributed by atoms with van der Waals surface area (Å²) in [7, 11) is 1.55. The summed E-state index contributed by atoms with van der Waals surface area (Å²) in [6, 6.07) is 0. The maximum Gasteiger partial charge on any atom is 0.311 e. The zero-order chi connectivity index (χ0) is 11.8. The summed E-state index contributed by atoms with van der Waals surface area (Å²) in [5.74, 6) is -0.987. The van der Waals surface area contributed by atoms with Crippen LogP contribution in [0.2, 0.25) is 0 Å². The molecular formula is C10H19N3O3. The second-order valence-electron chi connectivity index (χ2n) is 3.64. The van der Waals surface area contributed by atoms with Crippen molar-refractivity contribution < 1.29 is 14.3 Å². The molecule has 1 rings (SSSR count). The van der Waals surface area contributed by atoms with E-state index in [0.29, 0.717) is 26.2 Å². The molecule has 0 atom stereocenters. The van der Waals surface area contributed by atoms with Gasteiger partial charge in [-0.25, -0.2) is 0 Å². The molecule has 0 aliphatic carbocycles. The Balaban J connectivity index is 2.33. The average Bonchev–Trinajstić information content (AvgIpc) is 2.56. The van der Waals surface area contributed by atoms with Gasteiger partial charge >= 0.3 is 11.8 Å². The standard InChI is InChI=1S/C10H19N3O3/c1-16-8-5-12-9(14)10(15)13-6-2-3-11-4-7-13/h11H,2-8H2,1H3,(H,12,14). The Kier molecular flexibility index (Phi) is 5.81. The molecule has 1 aliphatic rings. The summed E-state index contributed by atoms with van der Waals surface area (Å²) in [5.41, 5.74) is 0. The molecule has 0 spiro atoms. The lowest BCUT2D eigenvalue weighted by Crippen LogP contribution is -2.45. The molecule has 2 amide bonds. The fourth-order valence-electron chi connectivity index (χ4n) is 1.53. The van der Waals surface area contributed by atoms with E-state index in [1.807, 2.05) is 0 Å². The van der Waals surface area contributed by atoms with Crippen molar-refractivity contribution in [1.29, 1.82) is 0 Å². The lowest BCUT2D eigenvalue weighted by molar-refractivity contribution is -0.145. The largest absolute Gasteiger partial charge is 0.383 e. The first-order chi connectivity index (χ1) is 7.75. The van der Waals surface area contributed by atoms with Crippen molar-refractivity contribution in [2.45, 2.75) is 6.42 Å². The number of carbonyl (C=O) groups excluding carboxylic acids is 2. The Labute approximate surface area is 95.3 Å². The normalized spacial score (nSPS) is 16.7. The maximum atomic E-state index is 11.7. The number of methoxy groups -OCH3 is 1. The molecular weight excluding hydrogens is 210 g/mol. The molecule has 2 N–H and O–H groups in total. The average molecular weight is 229 g/mol. The van der Waals surface area contributed by atoms with Crippen LogP contribution in [0.15, 0.2) is 0 Å². The molecule has 6 nitrogen and oxygen atoms in total. The number of hydrogen-bond donors (Lipinski definition) is 2. The van der Waals surface area contributed by atoms with Crippen molar-refractivity contribution in [3.05, 3.63) is 0 Å². The van der Waals surface area contributed by atoms with Gasteiger partial charge in [0.1, 0.15) is 0 Å². The third-order valence-corrected chi connectivity index (χ3v) is 2.41. The van der Waals surface area contributed by atoms with E-state index in [9.17, 15) is 9.59 Å². The molecule has 16 heavy (non-hydrogen) atoms. The Bertz CT molecular complexity index is 237. The highest BCUT2D eigenvalue weighted by Crippen LogP contribution is 1.96. The fraction of sp³-hybridized carbons (Fsp3) is 0.800. The quantitative estimate of drug-likeness (QED) is 0.460. The van der Waals surface area contributed by atoms with Crippen LogP contribution in [0.5, 0.6) is 0 Å². The number of ether oxygens (including phenoxy) is 1. The molecule has 0 aromatic carbocycles. The molecule has 92 valence electrons. The van der Waals surface area contributed by atoms with E-state index in [2.05, 4.69) is 10.6 Å². The van der Waals surface area contributed by atoms with E-state index in [1.165, 1.54) is 0 Å². The third-order valence-electron chi connectivity index (χ3n) is 2.41. The van der Waals surface area contributed by atoms with E-state index in [1.54, 1.807) is 12.0 Å². The Hall–Kier alpha value is -1.14. The van der Waals surface area contributed by atoms with Gasteiger partial charge in [0.2, 0.25) is 0 Å². The minimum absolute atomic E-state index is 0.368. The summed E-state index contributed by atoms with van der Waals surface area (Å²) >= 11 is 0. The molecule has 1 heterocycles. The molecule has 0 aromatic rings. The zero-order valence-corrected chi connectivity index (χ0v) is 9.62. The van der Waals surface area contributed by atoms with Crippen LogP contribution in [0.3, 0.4) is 0 Å². The van der Waals surface area contributed by atoms with Gasteiger partial charge in [0, 0.05) is 33.3 Å². The van der Waals surface area contributed by atoms with Gasteiger partial charge in [0.15, 0.2) is 0 Å². The van der Waals surface area contributed by atoms with E-state index in [-0.39, 0.29) is 0 Å². The molecule has 1 saturated heterocycles. The summed E-state index contributed by atoms with van der Waals surface area (Å²) in [5, 5.41) is 5.70. The summed E-state index contributed by atoms with van der Waals surface area (Å²) < 4.78 is 4.79. The number of carbonyl (C=O) groups is 2. The summed E-state index contributed by atoms with van der Waals surface area (Å²) in [6.45, 7) is 3.67. The lowest BCUT2D eigenvalue weighted by atomic mass is 10.3. The first-order valence-corrected chi connectivity index (χ1v) is 5.52. The highest BCUT2D eigenvalue weighted by Gasteiger charge is 2.21. The monoisotopic (exact) mass is 229 g/mol. The fourth-order valence-corrected chi connectivity index (χ4v) is 1.53. The number of amides is 2. The van der Waals surface area contributed by atoms with Gasteiger partial charge in [-0.05, 0) is 13.0 Å². The molecule has 6 heteroatoms. The topological polar surface area (TPSA) is 70.7 Å². The second kappa shape index (κ2) is 7.19. The third kappa shape index (κ3) is 4.16. The minimum Gasteiger partial charge on any atom is -0.383 e. The van der Waals surface area contributed by atoms with Crippen molar-refractivity contribution in [2.24, 2.45) is 0 Å². The highest BCUT2D eigenvalue weighted by atomic mass is 16.5. The zero-order valence-electron chi connectivity index (χ0n) is 9.62. The van der Waals surface area contributed by atoms with Gasteiger partial charge in [-0.1, -0.05) is 0 Å². The van der Waals surface area contributed by atoms with Crippen molar-refractivity contribution >= 4 is 11.8 Å². The Morgan fingerprint density at radius 2 is 2.19 bits per heavy atom. The van der Waals surface area contributed by atoms with Crippen molar-refractivity contribution in [3.8, 4) is 0 Å². The first kappa shape index (κ1) is 12.9. The Morgan fingerprint density at radius 3 is 2.94 bits per heavy atom. The van der Waals surface area contributed by atoms with Gasteiger partial charge in [0.05, 0.1) is 6.61 Å². The van der Waals surface area contributed by atoms with Gasteiger partial charge in [-0.2, -0.15) is 0 Å². The van der Waals surface area contributed by atoms with E-state index in [0.717, 1.165) is 19.5 Å². The minimum atomic E-state index is -0.543. The predicted molar refractivity (Wildman–Crippen MR) is 59.0 cm³/mol. The highest BCUT2D eigenvalue weighted by molar-refractivity contribution is 6.35. The van der Waals surface area contributed by atoms with Crippen LogP contribution >= 0.6 is 0 Å². The van der Waals surface area contributed by atoms with Gasteiger partial charge in [-0.3, -0.25) is 9.59 Å². The van der Waals surface area contributed by atoms with Crippen LogP contribution in [-0.2, 0) is 14.3 Å². The molecule has 0 aromatic heterocycles. The van der Waals surface area contributed by atoms with E-state index < -0.39 is 11.8 Å². The van der Waals surface area contributed by atoms with Gasteiger partial charge in [0.25, 0.3) is 0 Å². The van der Waals surface area contributed by atoms with Crippen molar-refractivity contribution in [1.82, 2.24) is 15.5 Å². The maximum absolute atomic E-state index is 11.7. The van der Waals surface area contributed by atoms with Crippen LogP contribution in [0.25, 0.3) is 0 Å². The number of nitrogens with one attached hydrogen (secondary N) is 2. The summed E-state index contributed by atoms with van der Waals surface area (Å²) in [6.07, 6.45) is 0.886. The molecule has 0 radical (unpaired) electrons. The second-order valence-corrected chi connectivity index (χ2v) is 3.64. The van der Waals surface area contributed by atoms with Gasteiger partial charge < -0.3 is 20.3 Å².